The van der Waals surface area contributed by atoms with Crippen LogP contribution in [0.25, 0.3) is 11.1 Å². The lowest BCUT2D eigenvalue weighted by Gasteiger charge is -2.40. The molecule has 13 heteroatoms. The van der Waals surface area contributed by atoms with Crippen LogP contribution in [0.4, 0.5) is 11.4 Å². The lowest BCUT2D eigenvalue weighted by molar-refractivity contribution is -0.384. The van der Waals surface area contributed by atoms with Gasteiger partial charge in [0.25, 0.3) is 15.7 Å². The number of halogens is 1. The first-order chi connectivity index (χ1) is 30.5. The SMILES string of the molecule is CCC1=Nc2c(-c3cccc([N+](=O)[O-])c3)cc(Br)cc2S(=O)(=O)N1C(CCCc1ncn(C(c2ccccc2)(c2ccccc2)c2ccccc2)c1C)C(=O)N1CCC(CC)CC1. The van der Waals surface area contributed by atoms with Crippen molar-refractivity contribution < 1.29 is 18.1 Å². The van der Waals surface area contributed by atoms with E-state index in [1.54, 1.807) is 18.2 Å². The Morgan fingerprint density at radius 2 is 1.48 bits per heavy atom. The maximum atomic E-state index is 15.1. The Hall–Kier alpha value is -5.92. The van der Waals surface area contributed by atoms with Crippen LogP contribution in [0.1, 0.15) is 80.5 Å². The van der Waals surface area contributed by atoms with Crippen molar-refractivity contribution in [1.29, 1.82) is 0 Å². The van der Waals surface area contributed by atoms with Crippen molar-refractivity contribution in [1.82, 2.24) is 18.8 Å². The number of piperidine rings is 1. The van der Waals surface area contributed by atoms with Crippen LogP contribution in [0.2, 0.25) is 0 Å². The number of hydrogen-bond donors (Lipinski definition) is 0. The number of rotatable bonds is 14. The van der Waals surface area contributed by atoms with Gasteiger partial charge in [0, 0.05) is 47.4 Å². The highest BCUT2D eigenvalue weighted by Crippen LogP contribution is 2.45. The van der Waals surface area contributed by atoms with Gasteiger partial charge in [0.15, 0.2) is 0 Å². The molecule has 1 saturated heterocycles. The van der Waals surface area contributed by atoms with Crippen molar-refractivity contribution in [2.24, 2.45) is 10.9 Å². The smallest absolute Gasteiger partial charge is 0.270 e. The second kappa shape index (κ2) is 18.4. The fourth-order valence-electron chi connectivity index (χ4n) is 9.46. The Balaban J connectivity index is 1.17. The van der Waals surface area contributed by atoms with Crippen molar-refractivity contribution in [3.63, 3.8) is 0 Å². The maximum absolute atomic E-state index is 15.1. The zero-order valence-corrected chi connectivity index (χ0v) is 38.1. The molecule has 0 aliphatic carbocycles. The summed E-state index contributed by atoms with van der Waals surface area (Å²) in [5, 5.41) is 11.7. The van der Waals surface area contributed by atoms with Gasteiger partial charge < -0.3 is 9.47 Å². The zero-order chi connectivity index (χ0) is 44.3. The number of carbonyl (C=O) groups is 1. The molecule has 324 valence electrons. The molecule has 0 spiro atoms. The van der Waals surface area contributed by atoms with Crippen molar-refractivity contribution in [3.05, 3.63) is 176 Å². The summed E-state index contributed by atoms with van der Waals surface area (Å²) < 4.78 is 34.3. The number of aryl methyl sites for hydroxylation is 1. The van der Waals surface area contributed by atoms with Gasteiger partial charge in [-0.1, -0.05) is 139 Å². The van der Waals surface area contributed by atoms with E-state index in [-0.39, 0.29) is 40.9 Å². The Morgan fingerprint density at radius 1 is 0.873 bits per heavy atom. The number of fused-ring (bicyclic) bond motifs is 1. The van der Waals surface area contributed by atoms with Crippen LogP contribution in [0, 0.1) is 23.0 Å². The van der Waals surface area contributed by atoms with E-state index in [1.807, 2.05) is 36.4 Å². The third-order valence-electron chi connectivity index (χ3n) is 12.8. The molecule has 6 aromatic rings. The minimum Gasteiger partial charge on any atom is -0.341 e. The number of likely N-dealkylation sites (tertiary alicyclic amines) is 1. The van der Waals surface area contributed by atoms with Gasteiger partial charge in [-0.15, -0.1) is 0 Å². The van der Waals surface area contributed by atoms with E-state index in [4.69, 9.17) is 9.98 Å². The molecule has 0 radical (unpaired) electrons. The van der Waals surface area contributed by atoms with Crippen LogP contribution in [0.5, 0.6) is 0 Å². The average Bonchev–Trinajstić information content (AvgIpc) is 3.68. The highest BCUT2D eigenvalue weighted by atomic mass is 79.9. The maximum Gasteiger partial charge on any atom is 0.270 e. The molecular weight excluding hydrogens is 877 g/mol. The summed E-state index contributed by atoms with van der Waals surface area (Å²) in [6.45, 7) is 7.20. The molecule has 1 amide bonds. The number of imidazole rings is 1. The zero-order valence-electron chi connectivity index (χ0n) is 35.7. The van der Waals surface area contributed by atoms with Gasteiger partial charge in [0.2, 0.25) is 5.91 Å². The minimum atomic E-state index is -4.36. The highest BCUT2D eigenvalue weighted by molar-refractivity contribution is 9.10. The molecule has 0 N–H and O–H groups in total. The Kier molecular flexibility index (Phi) is 12.8. The van der Waals surface area contributed by atoms with Crippen molar-refractivity contribution >= 4 is 49.1 Å². The van der Waals surface area contributed by atoms with Gasteiger partial charge in [-0.25, -0.2) is 22.7 Å². The molecule has 0 saturated carbocycles. The molecule has 2 aliphatic heterocycles. The number of aromatic nitrogens is 2. The first-order valence-electron chi connectivity index (χ1n) is 21.7. The Bertz CT molecular complexity index is 2660. The fourth-order valence-corrected chi connectivity index (χ4v) is 11.9. The number of benzene rings is 5. The number of amidine groups is 1. The van der Waals surface area contributed by atoms with Crippen molar-refractivity contribution in [2.45, 2.75) is 82.2 Å². The molecule has 2 aliphatic rings. The van der Waals surface area contributed by atoms with E-state index >= 15 is 8.42 Å². The highest BCUT2D eigenvalue weighted by Gasteiger charge is 2.44. The summed E-state index contributed by atoms with van der Waals surface area (Å²) in [5.41, 5.74) is 5.28. The molecule has 3 heterocycles. The summed E-state index contributed by atoms with van der Waals surface area (Å²) in [7, 11) is -4.36. The number of nitro groups is 1. The average molecular weight is 928 g/mol. The van der Waals surface area contributed by atoms with Gasteiger partial charge in [-0.2, -0.15) is 0 Å². The third-order valence-corrected chi connectivity index (χ3v) is 15.1. The number of hydrogen-bond acceptors (Lipinski definition) is 7. The van der Waals surface area contributed by atoms with Gasteiger partial charge in [0.1, 0.15) is 22.3 Å². The van der Waals surface area contributed by atoms with Gasteiger partial charge >= 0.3 is 0 Å². The van der Waals surface area contributed by atoms with E-state index in [9.17, 15) is 14.9 Å². The third kappa shape index (κ3) is 8.24. The topological polar surface area (TPSA) is 131 Å². The van der Waals surface area contributed by atoms with E-state index < -0.39 is 26.5 Å². The Labute approximate surface area is 377 Å². The summed E-state index contributed by atoms with van der Waals surface area (Å²) in [5.74, 6) is 0.533. The largest absolute Gasteiger partial charge is 0.341 e. The number of aliphatic imine (C=N–C) groups is 1. The molecule has 1 unspecified atom stereocenters. The summed E-state index contributed by atoms with van der Waals surface area (Å²) >= 11 is 3.52. The van der Waals surface area contributed by atoms with E-state index in [0.29, 0.717) is 47.4 Å². The van der Waals surface area contributed by atoms with Crippen LogP contribution in [0.3, 0.4) is 0 Å². The predicted molar refractivity (Wildman–Crippen MR) is 251 cm³/mol. The molecule has 8 rings (SSSR count). The van der Waals surface area contributed by atoms with Gasteiger partial charge in [0.05, 0.1) is 22.6 Å². The quantitative estimate of drug-likeness (QED) is 0.0607. The van der Waals surface area contributed by atoms with E-state index in [1.165, 1.54) is 22.5 Å². The Morgan fingerprint density at radius 3 is 2.03 bits per heavy atom. The van der Waals surface area contributed by atoms with Crippen LogP contribution in [-0.2, 0) is 26.8 Å². The second-order valence-corrected chi connectivity index (χ2v) is 19.0. The van der Waals surface area contributed by atoms with Crippen molar-refractivity contribution in [3.8, 4) is 11.1 Å². The molecule has 63 heavy (non-hydrogen) atoms. The number of amides is 1. The normalized spacial score (nSPS) is 15.7. The summed E-state index contributed by atoms with van der Waals surface area (Å²) in [4.78, 5) is 37.9. The monoisotopic (exact) mass is 926 g/mol. The first-order valence-corrected chi connectivity index (χ1v) is 23.9. The molecule has 1 aromatic heterocycles. The molecule has 0 bridgehead atoms. The number of carbonyl (C=O) groups excluding carboxylic acids is 1. The molecule has 11 nitrogen and oxygen atoms in total. The number of sulfonamides is 1. The number of nitrogens with zero attached hydrogens (tertiary/aromatic N) is 6. The summed E-state index contributed by atoms with van der Waals surface area (Å²) in [6.07, 6.45) is 6.10. The molecular formula is C50H51BrN6O5S. The fraction of sp³-hybridized carbons (Fsp3) is 0.300. The summed E-state index contributed by atoms with van der Waals surface area (Å²) in [6, 6.07) is 39.5. The first kappa shape index (κ1) is 43.7. The molecule has 5 aromatic carbocycles. The van der Waals surface area contributed by atoms with Gasteiger partial charge in [-0.05, 0) is 79.3 Å². The number of nitro benzene ring substituents is 1. The van der Waals surface area contributed by atoms with E-state index in [0.717, 1.165) is 47.3 Å². The lowest BCUT2D eigenvalue weighted by atomic mass is 9.76. The second-order valence-electron chi connectivity index (χ2n) is 16.3. The standard InChI is InChI=1S/C50H51BrN6O5S/c1-4-36-27-29-54(30-28-36)49(58)45(56-47(5-2)53-48-43(32-41(51)33-46(48)63(56,61)62)37-17-15-24-42(31-37)57(59)60)26-16-25-44-35(3)55(34-52-44)50(38-18-9-6-10-19-38,39-20-11-7-12-21-39)40-22-13-8-14-23-40/h6-15,17-24,31-34,36,45H,4-5,16,25-30H2,1-3H3. The van der Waals surface area contributed by atoms with Crippen molar-refractivity contribution in [2.75, 3.05) is 13.1 Å². The lowest BCUT2D eigenvalue weighted by Crippen LogP contribution is -2.55. The van der Waals surface area contributed by atoms with E-state index in [2.05, 4.69) is 107 Å². The van der Waals surface area contributed by atoms with Crippen LogP contribution in [0.15, 0.2) is 148 Å². The predicted octanol–water partition coefficient (Wildman–Crippen LogP) is 10.9. The molecule has 1 atom stereocenters. The van der Waals surface area contributed by atoms with Crippen LogP contribution < -0.4 is 0 Å². The van der Waals surface area contributed by atoms with Crippen LogP contribution in [-0.4, -0.2) is 63.0 Å². The number of non-ortho nitro benzene ring substituents is 1. The van der Waals surface area contributed by atoms with Gasteiger partial charge in [-0.3, -0.25) is 14.9 Å². The minimum absolute atomic E-state index is 0.0632. The molecule has 1 fully saturated rings. The van der Waals surface area contributed by atoms with Crippen LogP contribution >= 0.6 is 15.9 Å².